The van der Waals surface area contributed by atoms with Gasteiger partial charge in [0.05, 0.1) is 18.6 Å². The van der Waals surface area contributed by atoms with Crippen LogP contribution in [0.1, 0.15) is 36.9 Å². The van der Waals surface area contributed by atoms with E-state index in [0.717, 1.165) is 36.4 Å². The van der Waals surface area contributed by atoms with Gasteiger partial charge in [-0.1, -0.05) is 12.1 Å². The van der Waals surface area contributed by atoms with Crippen molar-refractivity contribution in [1.29, 1.82) is 0 Å². The minimum absolute atomic E-state index is 0.0598. The van der Waals surface area contributed by atoms with Crippen molar-refractivity contribution in [3.63, 3.8) is 0 Å². The number of aryl methyl sites for hydroxylation is 1. The average Bonchev–Trinajstić information content (AvgIpc) is 3.20. The van der Waals surface area contributed by atoms with E-state index in [1.807, 2.05) is 37.3 Å². The molecule has 0 radical (unpaired) electrons. The van der Waals surface area contributed by atoms with Crippen LogP contribution < -0.4 is 24.4 Å². The van der Waals surface area contributed by atoms with Crippen LogP contribution in [0.2, 0.25) is 0 Å². The Morgan fingerprint density at radius 2 is 1.81 bits per heavy atom. The highest BCUT2D eigenvalue weighted by Crippen LogP contribution is 2.36. The molecule has 0 aliphatic carbocycles. The van der Waals surface area contributed by atoms with Gasteiger partial charge in [-0.05, 0) is 49.1 Å². The molecule has 1 saturated heterocycles. The number of hydrogen-bond acceptors (Lipinski definition) is 5. The van der Waals surface area contributed by atoms with Crippen LogP contribution in [0.25, 0.3) is 0 Å². The van der Waals surface area contributed by atoms with E-state index >= 15 is 0 Å². The number of fused-ring (bicyclic) bond motifs is 2. The third-order valence-electron chi connectivity index (χ3n) is 6.12. The zero-order valence-electron chi connectivity index (χ0n) is 17.6. The van der Waals surface area contributed by atoms with Gasteiger partial charge in [0.1, 0.15) is 19.0 Å². The van der Waals surface area contributed by atoms with Crippen molar-refractivity contribution < 1.29 is 23.8 Å². The molecule has 1 N–H and O–H groups in total. The molecule has 0 unspecified atom stereocenters. The van der Waals surface area contributed by atoms with E-state index in [9.17, 15) is 9.59 Å². The average molecular weight is 422 g/mol. The highest BCUT2D eigenvalue weighted by molar-refractivity contribution is 6.00. The van der Waals surface area contributed by atoms with E-state index in [1.54, 1.807) is 4.90 Å². The number of ether oxygens (including phenoxy) is 3. The zero-order valence-corrected chi connectivity index (χ0v) is 17.6. The Morgan fingerprint density at radius 1 is 1.03 bits per heavy atom. The van der Waals surface area contributed by atoms with Gasteiger partial charge in [0.2, 0.25) is 11.8 Å². The molecule has 2 atom stereocenters. The van der Waals surface area contributed by atoms with Gasteiger partial charge in [-0.25, -0.2) is 0 Å². The van der Waals surface area contributed by atoms with Crippen LogP contribution in [-0.2, 0) is 16.0 Å². The Balaban J connectivity index is 1.25. The fourth-order valence-corrected chi connectivity index (χ4v) is 4.40. The molecule has 162 valence electrons. The third-order valence-corrected chi connectivity index (χ3v) is 6.12. The van der Waals surface area contributed by atoms with Gasteiger partial charge in [-0.15, -0.1) is 0 Å². The number of carbonyl (C=O) groups is 2. The second-order valence-corrected chi connectivity index (χ2v) is 8.28. The Kier molecular flexibility index (Phi) is 5.18. The molecule has 3 heterocycles. The highest BCUT2D eigenvalue weighted by Gasteiger charge is 2.36. The minimum atomic E-state index is -0.385. The fourth-order valence-electron chi connectivity index (χ4n) is 4.40. The summed E-state index contributed by atoms with van der Waals surface area (Å²) in [7, 11) is 0. The second-order valence-electron chi connectivity index (χ2n) is 8.28. The number of anilines is 1. The fraction of sp³-hybridized carbons (Fsp3) is 0.417. The summed E-state index contributed by atoms with van der Waals surface area (Å²) in [5.74, 6) is 1.70. The summed E-state index contributed by atoms with van der Waals surface area (Å²) in [5.41, 5.74) is 2.96. The monoisotopic (exact) mass is 422 g/mol. The van der Waals surface area contributed by atoms with Crippen molar-refractivity contribution in [3.05, 3.63) is 47.5 Å². The number of nitrogens with one attached hydrogen (secondary N) is 1. The van der Waals surface area contributed by atoms with Crippen molar-refractivity contribution in [2.24, 2.45) is 5.92 Å². The highest BCUT2D eigenvalue weighted by atomic mass is 16.6. The van der Waals surface area contributed by atoms with Gasteiger partial charge >= 0.3 is 0 Å². The van der Waals surface area contributed by atoms with Crippen molar-refractivity contribution in [1.82, 2.24) is 5.32 Å². The summed E-state index contributed by atoms with van der Waals surface area (Å²) in [6.07, 6.45) is 2.20. The molecular formula is C24H26N2O5. The third kappa shape index (κ3) is 3.92. The van der Waals surface area contributed by atoms with Crippen LogP contribution in [0.4, 0.5) is 5.69 Å². The molecule has 7 heteroatoms. The first-order chi connectivity index (χ1) is 15.1. The maximum absolute atomic E-state index is 12.9. The van der Waals surface area contributed by atoms with Gasteiger partial charge in [0.15, 0.2) is 11.5 Å². The summed E-state index contributed by atoms with van der Waals surface area (Å²) in [5, 5.41) is 3.08. The first-order valence-corrected chi connectivity index (χ1v) is 10.8. The van der Waals surface area contributed by atoms with Crippen molar-refractivity contribution in [2.75, 3.05) is 31.3 Å². The summed E-state index contributed by atoms with van der Waals surface area (Å²) in [6, 6.07) is 11.4. The SMILES string of the molecule is C[C@H](NC(=O)[C@@H]1CC(=O)N(c2ccc3c(c2)OCCO3)C1)c1ccc2c(c1)CCCO2. The second kappa shape index (κ2) is 8.13. The molecule has 0 bridgehead atoms. The summed E-state index contributed by atoms with van der Waals surface area (Å²) in [4.78, 5) is 27.2. The van der Waals surface area contributed by atoms with Crippen LogP contribution in [0, 0.1) is 5.92 Å². The van der Waals surface area contributed by atoms with Gasteiger partial charge in [-0.2, -0.15) is 0 Å². The van der Waals surface area contributed by atoms with Gasteiger partial charge < -0.3 is 24.4 Å². The number of hydrogen-bond donors (Lipinski definition) is 1. The molecule has 3 aliphatic rings. The molecule has 7 nitrogen and oxygen atoms in total. The molecule has 2 aromatic carbocycles. The Morgan fingerprint density at radius 3 is 2.68 bits per heavy atom. The van der Waals surface area contributed by atoms with E-state index in [0.29, 0.717) is 31.3 Å². The lowest BCUT2D eigenvalue weighted by molar-refractivity contribution is -0.126. The number of carbonyl (C=O) groups excluding carboxylic acids is 2. The van der Waals surface area contributed by atoms with Crippen LogP contribution in [0.15, 0.2) is 36.4 Å². The summed E-state index contributed by atoms with van der Waals surface area (Å²) < 4.78 is 16.8. The van der Waals surface area contributed by atoms with Crippen LogP contribution >= 0.6 is 0 Å². The van der Waals surface area contributed by atoms with Crippen molar-refractivity contribution >= 4 is 17.5 Å². The van der Waals surface area contributed by atoms with E-state index < -0.39 is 0 Å². The van der Waals surface area contributed by atoms with E-state index in [-0.39, 0.29) is 30.2 Å². The minimum Gasteiger partial charge on any atom is -0.493 e. The lowest BCUT2D eigenvalue weighted by Gasteiger charge is -2.23. The molecule has 0 saturated carbocycles. The Hall–Kier alpha value is -3.22. The first kappa shape index (κ1) is 19.7. The molecule has 1 fully saturated rings. The van der Waals surface area contributed by atoms with Crippen LogP contribution in [-0.4, -0.2) is 38.2 Å². The van der Waals surface area contributed by atoms with Crippen LogP contribution in [0.3, 0.4) is 0 Å². The molecule has 0 spiro atoms. The van der Waals surface area contributed by atoms with Gasteiger partial charge in [0.25, 0.3) is 0 Å². The predicted octanol–water partition coefficient (Wildman–Crippen LogP) is 3.01. The number of rotatable bonds is 4. The molecule has 3 aliphatic heterocycles. The molecule has 2 aromatic rings. The Labute approximate surface area is 181 Å². The van der Waals surface area contributed by atoms with E-state index in [4.69, 9.17) is 14.2 Å². The normalized spacial score (nSPS) is 20.6. The lowest BCUT2D eigenvalue weighted by atomic mass is 9.99. The summed E-state index contributed by atoms with van der Waals surface area (Å²) in [6.45, 7) is 4.09. The summed E-state index contributed by atoms with van der Waals surface area (Å²) >= 11 is 0. The molecule has 2 amide bonds. The molecule has 0 aromatic heterocycles. The number of benzene rings is 2. The smallest absolute Gasteiger partial charge is 0.227 e. The quantitative estimate of drug-likeness (QED) is 0.820. The first-order valence-electron chi connectivity index (χ1n) is 10.8. The van der Waals surface area contributed by atoms with Crippen molar-refractivity contribution in [3.8, 4) is 17.2 Å². The lowest BCUT2D eigenvalue weighted by Crippen LogP contribution is -2.34. The number of amides is 2. The standard InChI is InChI=1S/C24H26N2O5/c1-15(16-4-6-20-17(11-16)3-2-8-29-20)25-24(28)18-12-23(27)26(14-18)19-5-7-21-22(13-19)31-10-9-30-21/h4-7,11,13,15,18H,2-3,8-10,12,14H2,1H3,(H,25,28)/t15-,18+/m0/s1. The number of nitrogens with zero attached hydrogens (tertiary/aromatic N) is 1. The zero-order chi connectivity index (χ0) is 21.4. The topological polar surface area (TPSA) is 77.1 Å². The van der Waals surface area contributed by atoms with E-state index in [1.165, 1.54) is 5.56 Å². The molecular weight excluding hydrogens is 396 g/mol. The Bertz CT molecular complexity index is 1020. The molecule has 5 rings (SSSR count). The largest absolute Gasteiger partial charge is 0.493 e. The van der Waals surface area contributed by atoms with Crippen molar-refractivity contribution in [2.45, 2.75) is 32.2 Å². The predicted molar refractivity (Wildman–Crippen MR) is 115 cm³/mol. The maximum Gasteiger partial charge on any atom is 0.227 e. The van der Waals surface area contributed by atoms with Crippen LogP contribution in [0.5, 0.6) is 17.2 Å². The van der Waals surface area contributed by atoms with Gasteiger partial charge in [0, 0.05) is 24.7 Å². The van der Waals surface area contributed by atoms with Gasteiger partial charge in [-0.3, -0.25) is 9.59 Å². The van der Waals surface area contributed by atoms with E-state index in [2.05, 4.69) is 11.4 Å². The maximum atomic E-state index is 12.9. The molecule has 31 heavy (non-hydrogen) atoms.